The Kier molecular flexibility index (Phi) is 8.35. The van der Waals surface area contributed by atoms with E-state index in [1.165, 1.54) is 10.4 Å². The van der Waals surface area contributed by atoms with E-state index in [0.717, 1.165) is 25.7 Å². The normalized spacial score (nSPS) is 12.8. The van der Waals surface area contributed by atoms with Crippen molar-refractivity contribution in [2.45, 2.75) is 27.0 Å². The second-order valence-corrected chi connectivity index (χ2v) is 6.79. The predicted molar refractivity (Wildman–Crippen MR) is 102 cm³/mol. The summed E-state index contributed by atoms with van der Waals surface area (Å²) >= 11 is 1.73. The van der Waals surface area contributed by atoms with E-state index in [2.05, 4.69) is 59.1 Å². The molecule has 1 aromatic heterocycles. The third-order valence-electron chi connectivity index (χ3n) is 3.45. The molecule has 0 spiro atoms. The minimum atomic E-state index is 0.416. The van der Waals surface area contributed by atoms with Crippen LogP contribution in [0.15, 0.2) is 52.8 Å². The van der Waals surface area contributed by atoms with Crippen molar-refractivity contribution in [1.82, 2.24) is 10.6 Å². The van der Waals surface area contributed by atoms with Gasteiger partial charge in [-0.2, -0.15) is 0 Å². The maximum absolute atomic E-state index is 5.79. The Morgan fingerprint density at radius 3 is 2.71 bits per heavy atom. The molecule has 0 aliphatic rings. The number of thiophene rings is 1. The van der Waals surface area contributed by atoms with Crippen LogP contribution >= 0.6 is 11.3 Å². The molecule has 4 nitrogen and oxygen atoms in total. The van der Waals surface area contributed by atoms with Gasteiger partial charge in [-0.3, -0.25) is 0 Å². The van der Waals surface area contributed by atoms with Crippen molar-refractivity contribution in [2.24, 2.45) is 10.9 Å². The molecule has 2 rings (SSSR count). The van der Waals surface area contributed by atoms with Gasteiger partial charge in [0.25, 0.3) is 0 Å². The number of hydrogen-bond acceptors (Lipinski definition) is 3. The van der Waals surface area contributed by atoms with Gasteiger partial charge in [0.15, 0.2) is 5.96 Å². The highest BCUT2D eigenvalue weighted by Gasteiger charge is 2.05. The predicted octanol–water partition coefficient (Wildman–Crippen LogP) is 3.66. The smallest absolute Gasteiger partial charge is 0.191 e. The Morgan fingerprint density at radius 1 is 1.17 bits per heavy atom. The molecule has 2 aromatic rings. The molecule has 130 valence electrons. The van der Waals surface area contributed by atoms with Crippen molar-refractivity contribution in [3.63, 3.8) is 0 Å². The first-order valence-electron chi connectivity index (χ1n) is 8.44. The monoisotopic (exact) mass is 345 g/mol. The van der Waals surface area contributed by atoms with E-state index < -0.39 is 0 Å². The van der Waals surface area contributed by atoms with E-state index in [-0.39, 0.29) is 0 Å². The lowest BCUT2D eigenvalue weighted by molar-refractivity contribution is 0.0931. The zero-order chi connectivity index (χ0) is 17.0. The van der Waals surface area contributed by atoms with Crippen LogP contribution in [0, 0.1) is 5.92 Å². The summed E-state index contributed by atoms with van der Waals surface area (Å²) in [6.07, 6.45) is 0. The first-order chi connectivity index (χ1) is 11.8. The van der Waals surface area contributed by atoms with E-state index in [0.29, 0.717) is 19.1 Å². The van der Waals surface area contributed by atoms with Crippen LogP contribution in [-0.2, 0) is 17.9 Å². The third kappa shape index (κ3) is 7.15. The van der Waals surface area contributed by atoms with Crippen molar-refractivity contribution in [1.29, 1.82) is 0 Å². The van der Waals surface area contributed by atoms with Crippen LogP contribution in [0.25, 0.3) is 0 Å². The number of aliphatic imine (C=N–C) groups is 1. The number of benzene rings is 1. The summed E-state index contributed by atoms with van der Waals surface area (Å²) in [7, 11) is 0. The van der Waals surface area contributed by atoms with Crippen molar-refractivity contribution in [2.75, 3.05) is 19.7 Å². The molecule has 0 aliphatic carbocycles. The van der Waals surface area contributed by atoms with Crippen molar-refractivity contribution in [3.8, 4) is 0 Å². The van der Waals surface area contributed by atoms with Gasteiger partial charge in [-0.1, -0.05) is 43.3 Å². The van der Waals surface area contributed by atoms with Gasteiger partial charge in [0, 0.05) is 18.0 Å². The topological polar surface area (TPSA) is 45.7 Å². The Morgan fingerprint density at radius 2 is 2.00 bits per heavy atom. The van der Waals surface area contributed by atoms with E-state index in [1.54, 1.807) is 11.3 Å². The highest BCUT2D eigenvalue weighted by Crippen LogP contribution is 2.09. The Bertz CT molecular complexity index is 584. The Hall–Kier alpha value is -1.85. The molecule has 0 aliphatic heterocycles. The van der Waals surface area contributed by atoms with Crippen LogP contribution in [0.2, 0.25) is 0 Å². The number of ether oxygens (including phenoxy) is 1. The maximum Gasteiger partial charge on any atom is 0.191 e. The van der Waals surface area contributed by atoms with E-state index >= 15 is 0 Å². The van der Waals surface area contributed by atoms with Gasteiger partial charge < -0.3 is 15.4 Å². The molecule has 1 heterocycles. The molecular weight excluding hydrogens is 318 g/mol. The lowest BCUT2D eigenvalue weighted by Gasteiger charge is -2.16. The van der Waals surface area contributed by atoms with Gasteiger partial charge in [0.1, 0.15) is 0 Å². The van der Waals surface area contributed by atoms with Crippen LogP contribution in [-0.4, -0.2) is 25.7 Å². The third-order valence-corrected chi connectivity index (χ3v) is 4.31. The standard InChI is InChI=1S/C19H27N3OS/c1-3-20-19(22-13-18-10-7-11-24-18)21-12-16(2)14-23-15-17-8-5-4-6-9-17/h4-11,16H,3,12-15H2,1-2H3,(H2,20,21,22). The number of rotatable bonds is 9. The van der Waals surface area contributed by atoms with Gasteiger partial charge in [-0.15, -0.1) is 11.3 Å². The fourth-order valence-electron chi connectivity index (χ4n) is 2.18. The van der Waals surface area contributed by atoms with Gasteiger partial charge in [0.05, 0.1) is 19.8 Å². The summed E-state index contributed by atoms with van der Waals surface area (Å²) in [5.41, 5.74) is 1.21. The minimum absolute atomic E-state index is 0.416. The van der Waals surface area contributed by atoms with Gasteiger partial charge >= 0.3 is 0 Å². The SMILES string of the molecule is CCNC(=NCc1cccs1)NCC(C)COCc1ccccc1. The summed E-state index contributed by atoms with van der Waals surface area (Å²) < 4.78 is 5.79. The molecule has 0 bridgehead atoms. The maximum atomic E-state index is 5.79. The molecule has 1 aromatic carbocycles. The summed E-state index contributed by atoms with van der Waals surface area (Å²) in [6, 6.07) is 14.4. The van der Waals surface area contributed by atoms with Gasteiger partial charge in [-0.05, 0) is 29.9 Å². The molecule has 0 radical (unpaired) electrons. The summed E-state index contributed by atoms with van der Waals surface area (Å²) in [4.78, 5) is 5.89. The quantitative estimate of drug-likeness (QED) is 0.538. The van der Waals surface area contributed by atoms with E-state index in [1.807, 2.05) is 18.2 Å². The van der Waals surface area contributed by atoms with Crippen LogP contribution in [0.3, 0.4) is 0 Å². The average Bonchev–Trinajstić information content (AvgIpc) is 3.12. The van der Waals surface area contributed by atoms with Gasteiger partial charge in [-0.25, -0.2) is 4.99 Å². The zero-order valence-corrected chi connectivity index (χ0v) is 15.3. The minimum Gasteiger partial charge on any atom is -0.376 e. The summed E-state index contributed by atoms with van der Waals surface area (Å²) in [6.45, 7) is 8.06. The lowest BCUT2D eigenvalue weighted by Crippen LogP contribution is -2.40. The van der Waals surface area contributed by atoms with Crippen LogP contribution in [0.1, 0.15) is 24.3 Å². The number of nitrogens with one attached hydrogen (secondary N) is 2. The average molecular weight is 346 g/mol. The summed E-state index contributed by atoms with van der Waals surface area (Å²) in [5, 5.41) is 8.76. The van der Waals surface area contributed by atoms with Crippen molar-refractivity contribution < 1.29 is 4.74 Å². The fraction of sp³-hybridized carbons (Fsp3) is 0.421. The molecule has 0 fully saturated rings. The molecule has 0 amide bonds. The molecule has 0 saturated carbocycles. The Labute approximate surface area is 149 Å². The molecule has 5 heteroatoms. The molecular formula is C19H27N3OS. The number of guanidine groups is 1. The van der Waals surface area contributed by atoms with Crippen molar-refractivity contribution >= 4 is 17.3 Å². The zero-order valence-electron chi connectivity index (χ0n) is 14.5. The molecule has 1 unspecified atom stereocenters. The lowest BCUT2D eigenvalue weighted by atomic mass is 10.2. The first-order valence-corrected chi connectivity index (χ1v) is 9.32. The molecule has 24 heavy (non-hydrogen) atoms. The Balaban J connectivity index is 1.69. The van der Waals surface area contributed by atoms with Gasteiger partial charge in [0.2, 0.25) is 0 Å². The van der Waals surface area contributed by atoms with Crippen LogP contribution in [0.5, 0.6) is 0 Å². The molecule has 1 atom stereocenters. The number of hydrogen-bond donors (Lipinski definition) is 2. The number of nitrogens with zero attached hydrogens (tertiary/aromatic N) is 1. The first kappa shape index (κ1) is 18.5. The van der Waals surface area contributed by atoms with Crippen molar-refractivity contribution in [3.05, 3.63) is 58.3 Å². The molecule has 2 N–H and O–H groups in total. The van der Waals surface area contributed by atoms with E-state index in [9.17, 15) is 0 Å². The largest absolute Gasteiger partial charge is 0.376 e. The second kappa shape index (κ2) is 10.8. The highest BCUT2D eigenvalue weighted by atomic mass is 32.1. The fourth-order valence-corrected chi connectivity index (χ4v) is 2.81. The summed E-state index contributed by atoms with van der Waals surface area (Å²) in [5.74, 6) is 1.28. The molecule has 0 saturated heterocycles. The van der Waals surface area contributed by atoms with Crippen LogP contribution < -0.4 is 10.6 Å². The second-order valence-electron chi connectivity index (χ2n) is 5.76. The highest BCUT2D eigenvalue weighted by molar-refractivity contribution is 7.09. The van der Waals surface area contributed by atoms with Crippen LogP contribution in [0.4, 0.5) is 0 Å². The van der Waals surface area contributed by atoms with E-state index in [4.69, 9.17) is 4.74 Å².